The molecule has 0 bridgehead atoms. The SMILES string of the molecule is CCC1c2ccsc2CCN1C(=O)/C=C/c1ccc(S(=O)(=O)N(CC)CC)cc1. The van der Waals surface area contributed by atoms with Crippen molar-refractivity contribution in [3.63, 3.8) is 0 Å². The van der Waals surface area contributed by atoms with Gasteiger partial charge in [-0.15, -0.1) is 11.3 Å². The molecule has 0 aliphatic carbocycles. The van der Waals surface area contributed by atoms with Gasteiger partial charge < -0.3 is 4.90 Å². The predicted molar refractivity (Wildman–Crippen MR) is 118 cm³/mol. The van der Waals surface area contributed by atoms with Gasteiger partial charge in [-0.25, -0.2) is 8.42 Å². The van der Waals surface area contributed by atoms with E-state index in [-0.39, 0.29) is 16.8 Å². The molecule has 3 rings (SSSR count). The molecule has 7 heteroatoms. The summed E-state index contributed by atoms with van der Waals surface area (Å²) >= 11 is 1.77. The molecular formula is C22H28N2O3S2. The Morgan fingerprint density at radius 3 is 2.48 bits per heavy atom. The molecule has 156 valence electrons. The highest BCUT2D eigenvalue weighted by Crippen LogP contribution is 2.35. The fourth-order valence-corrected chi connectivity index (χ4v) is 6.21. The van der Waals surface area contributed by atoms with Crippen LogP contribution in [0.25, 0.3) is 6.08 Å². The largest absolute Gasteiger partial charge is 0.332 e. The van der Waals surface area contributed by atoms with Crippen LogP contribution in [-0.2, 0) is 21.2 Å². The molecule has 0 fully saturated rings. The standard InChI is InChI=1S/C22H28N2O3S2/c1-4-20-19-14-16-28-21(19)13-15-24(20)22(25)12-9-17-7-10-18(11-8-17)29(26,27)23(5-2)6-3/h7-12,14,16,20H,4-6,13,15H2,1-3H3/b12-9+. The molecule has 1 aromatic heterocycles. The lowest BCUT2D eigenvalue weighted by Gasteiger charge is -2.34. The minimum absolute atomic E-state index is 0.00598. The van der Waals surface area contributed by atoms with Crippen LogP contribution < -0.4 is 0 Å². The molecule has 0 N–H and O–H groups in total. The first-order valence-corrected chi connectivity index (χ1v) is 12.4. The third kappa shape index (κ3) is 4.47. The van der Waals surface area contributed by atoms with Gasteiger partial charge in [-0.2, -0.15) is 4.31 Å². The minimum Gasteiger partial charge on any atom is -0.332 e. The molecule has 1 aromatic carbocycles. The van der Waals surface area contributed by atoms with Gasteiger partial charge in [0.25, 0.3) is 0 Å². The lowest BCUT2D eigenvalue weighted by atomic mass is 9.97. The Labute approximate surface area is 177 Å². The molecule has 1 unspecified atom stereocenters. The van der Waals surface area contributed by atoms with Crippen molar-refractivity contribution in [3.8, 4) is 0 Å². The lowest BCUT2D eigenvalue weighted by molar-refractivity contribution is -0.128. The van der Waals surface area contributed by atoms with Crippen molar-refractivity contribution in [2.75, 3.05) is 19.6 Å². The van der Waals surface area contributed by atoms with Crippen LogP contribution in [0, 0.1) is 0 Å². The van der Waals surface area contributed by atoms with Gasteiger partial charge in [0.05, 0.1) is 10.9 Å². The average Bonchev–Trinajstić information content (AvgIpc) is 3.21. The van der Waals surface area contributed by atoms with Crippen molar-refractivity contribution in [2.24, 2.45) is 0 Å². The summed E-state index contributed by atoms with van der Waals surface area (Å²) in [5, 5.41) is 2.10. The van der Waals surface area contributed by atoms with Crippen LogP contribution in [0.4, 0.5) is 0 Å². The van der Waals surface area contributed by atoms with Crippen molar-refractivity contribution in [1.29, 1.82) is 0 Å². The molecule has 29 heavy (non-hydrogen) atoms. The number of benzene rings is 1. The van der Waals surface area contributed by atoms with Crippen LogP contribution in [0.5, 0.6) is 0 Å². The molecule has 5 nitrogen and oxygen atoms in total. The topological polar surface area (TPSA) is 57.7 Å². The van der Waals surface area contributed by atoms with E-state index in [1.807, 2.05) is 18.7 Å². The summed E-state index contributed by atoms with van der Waals surface area (Å²) < 4.78 is 26.6. The Bertz CT molecular complexity index is 974. The highest BCUT2D eigenvalue weighted by Gasteiger charge is 2.29. The Morgan fingerprint density at radius 1 is 1.17 bits per heavy atom. The summed E-state index contributed by atoms with van der Waals surface area (Å²) in [5.41, 5.74) is 2.08. The van der Waals surface area contributed by atoms with Gasteiger partial charge in [-0.05, 0) is 53.6 Å². The predicted octanol–water partition coefficient (Wildman–Crippen LogP) is 4.33. The van der Waals surface area contributed by atoms with Crippen molar-refractivity contribution in [3.05, 3.63) is 57.8 Å². The van der Waals surface area contributed by atoms with Crippen molar-refractivity contribution in [1.82, 2.24) is 9.21 Å². The highest BCUT2D eigenvalue weighted by atomic mass is 32.2. The van der Waals surface area contributed by atoms with E-state index in [4.69, 9.17) is 0 Å². The zero-order chi connectivity index (χ0) is 21.0. The fourth-order valence-electron chi connectivity index (χ4n) is 3.83. The molecular weight excluding hydrogens is 404 g/mol. The van der Waals surface area contributed by atoms with E-state index in [0.29, 0.717) is 13.1 Å². The quantitative estimate of drug-likeness (QED) is 0.612. The summed E-state index contributed by atoms with van der Waals surface area (Å²) in [6.45, 7) is 7.37. The van der Waals surface area contributed by atoms with E-state index in [1.54, 1.807) is 47.8 Å². The maximum absolute atomic E-state index is 12.8. The second kappa shape index (κ2) is 9.24. The van der Waals surface area contributed by atoms with Gasteiger partial charge >= 0.3 is 0 Å². The lowest BCUT2D eigenvalue weighted by Crippen LogP contribution is -2.38. The molecule has 0 spiro atoms. The van der Waals surface area contributed by atoms with E-state index >= 15 is 0 Å². The number of amides is 1. The number of rotatable bonds is 7. The molecule has 1 aliphatic heterocycles. The summed E-state index contributed by atoms with van der Waals surface area (Å²) in [5.74, 6) is -0.00598. The fraction of sp³-hybridized carbons (Fsp3) is 0.409. The van der Waals surface area contributed by atoms with E-state index in [2.05, 4.69) is 18.4 Å². The molecule has 1 amide bonds. The third-order valence-corrected chi connectivity index (χ3v) is 8.47. The summed E-state index contributed by atoms with van der Waals surface area (Å²) in [6, 6.07) is 8.95. The van der Waals surface area contributed by atoms with Gasteiger partial charge in [0, 0.05) is 30.6 Å². The number of carbonyl (C=O) groups is 1. The second-order valence-electron chi connectivity index (χ2n) is 7.00. The molecule has 2 aromatic rings. The highest BCUT2D eigenvalue weighted by molar-refractivity contribution is 7.89. The van der Waals surface area contributed by atoms with Crippen molar-refractivity contribution >= 4 is 33.3 Å². The first-order valence-electron chi connectivity index (χ1n) is 10.1. The normalized spacial score (nSPS) is 17.1. The first-order chi connectivity index (χ1) is 13.9. The van der Waals surface area contributed by atoms with Gasteiger partial charge in [0.15, 0.2) is 0 Å². The smallest absolute Gasteiger partial charge is 0.247 e. The molecule has 0 radical (unpaired) electrons. The van der Waals surface area contributed by atoms with E-state index in [1.165, 1.54) is 14.7 Å². The second-order valence-corrected chi connectivity index (χ2v) is 9.94. The average molecular weight is 433 g/mol. The number of carbonyl (C=O) groups excluding carboxylic acids is 1. The number of hydrogen-bond acceptors (Lipinski definition) is 4. The van der Waals surface area contributed by atoms with Gasteiger partial charge in [0.1, 0.15) is 0 Å². The summed E-state index contributed by atoms with van der Waals surface area (Å²) in [4.78, 5) is 16.4. The Hall–Kier alpha value is -1.96. The van der Waals surface area contributed by atoms with Gasteiger partial charge in [-0.3, -0.25) is 4.79 Å². The van der Waals surface area contributed by atoms with Crippen LogP contribution in [0.1, 0.15) is 49.2 Å². The third-order valence-electron chi connectivity index (χ3n) is 5.41. The van der Waals surface area contributed by atoms with Crippen molar-refractivity contribution in [2.45, 2.75) is 44.6 Å². The van der Waals surface area contributed by atoms with Crippen LogP contribution >= 0.6 is 11.3 Å². The van der Waals surface area contributed by atoms with Crippen LogP contribution in [0.2, 0.25) is 0 Å². The summed E-state index contributed by atoms with van der Waals surface area (Å²) in [6.07, 6.45) is 5.14. The number of sulfonamides is 1. The van der Waals surface area contributed by atoms with Gasteiger partial charge in [0.2, 0.25) is 15.9 Å². The van der Waals surface area contributed by atoms with Gasteiger partial charge in [-0.1, -0.05) is 32.9 Å². The summed E-state index contributed by atoms with van der Waals surface area (Å²) in [7, 11) is -3.46. The Kier molecular flexibility index (Phi) is 6.93. The van der Waals surface area contributed by atoms with Crippen LogP contribution in [0.15, 0.2) is 46.7 Å². The molecule has 1 aliphatic rings. The van der Waals surface area contributed by atoms with E-state index < -0.39 is 10.0 Å². The zero-order valence-corrected chi connectivity index (χ0v) is 18.8. The van der Waals surface area contributed by atoms with Crippen LogP contribution in [0.3, 0.4) is 0 Å². The monoisotopic (exact) mass is 432 g/mol. The van der Waals surface area contributed by atoms with E-state index in [0.717, 1.165) is 24.9 Å². The molecule has 0 saturated heterocycles. The van der Waals surface area contributed by atoms with E-state index in [9.17, 15) is 13.2 Å². The van der Waals surface area contributed by atoms with Crippen molar-refractivity contribution < 1.29 is 13.2 Å². The first kappa shape index (κ1) is 21.7. The Morgan fingerprint density at radius 2 is 1.86 bits per heavy atom. The maximum Gasteiger partial charge on any atom is 0.247 e. The number of thiophene rings is 1. The zero-order valence-electron chi connectivity index (χ0n) is 17.2. The molecule has 2 heterocycles. The molecule has 0 saturated carbocycles. The number of hydrogen-bond donors (Lipinski definition) is 0. The Balaban J connectivity index is 1.73. The number of nitrogens with zero attached hydrogens (tertiary/aromatic N) is 2. The number of fused-ring (bicyclic) bond motifs is 1. The maximum atomic E-state index is 12.8. The minimum atomic E-state index is -3.46. The van der Waals surface area contributed by atoms with Crippen LogP contribution in [-0.4, -0.2) is 43.2 Å². The molecule has 1 atom stereocenters.